The third-order valence-electron chi connectivity index (χ3n) is 3.45. The highest BCUT2D eigenvalue weighted by Gasteiger charge is 2.34. The molecule has 1 amide bonds. The number of unbranched alkanes of at least 4 members (excludes halogenated alkanes) is 2. The Morgan fingerprint density at radius 3 is 3.00 bits per heavy atom. The molecular weight excluding hydrogens is 304 g/mol. The summed E-state index contributed by atoms with van der Waals surface area (Å²) in [6, 6.07) is 1.88. The van der Waals surface area contributed by atoms with Crippen LogP contribution in [0.1, 0.15) is 49.4 Å². The highest BCUT2D eigenvalue weighted by molar-refractivity contribution is 8.00. The van der Waals surface area contributed by atoms with Crippen molar-refractivity contribution < 1.29 is 18.8 Å². The number of esters is 1. The lowest BCUT2D eigenvalue weighted by Crippen LogP contribution is -2.29. The van der Waals surface area contributed by atoms with Gasteiger partial charge in [-0.2, -0.15) is 0 Å². The quantitative estimate of drug-likeness (QED) is 0.540. The number of nitrogens with zero attached hydrogens (tertiary/aromatic N) is 2. The first kappa shape index (κ1) is 16.9. The molecule has 2 rings (SSSR count). The van der Waals surface area contributed by atoms with Crippen LogP contribution < -0.4 is 0 Å². The fourth-order valence-corrected chi connectivity index (χ4v) is 3.56. The van der Waals surface area contributed by atoms with E-state index in [1.807, 2.05) is 17.9 Å². The third kappa shape index (κ3) is 4.50. The molecule has 122 valence electrons. The molecule has 1 aromatic rings. The molecule has 1 unspecified atom stereocenters. The summed E-state index contributed by atoms with van der Waals surface area (Å²) in [7, 11) is 0. The summed E-state index contributed by atoms with van der Waals surface area (Å²) < 4.78 is 9.99. The highest BCUT2D eigenvalue weighted by atomic mass is 32.2. The van der Waals surface area contributed by atoms with Crippen LogP contribution in [-0.2, 0) is 14.3 Å². The zero-order chi connectivity index (χ0) is 15.9. The first-order chi connectivity index (χ1) is 10.6. The molecule has 1 fully saturated rings. The molecule has 1 atom stereocenters. The average Bonchev–Trinajstić information content (AvgIpc) is 3.05. The van der Waals surface area contributed by atoms with E-state index in [2.05, 4.69) is 5.16 Å². The van der Waals surface area contributed by atoms with Crippen LogP contribution in [0.2, 0.25) is 0 Å². The zero-order valence-electron chi connectivity index (χ0n) is 13.0. The Morgan fingerprint density at radius 2 is 2.32 bits per heavy atom. The van der Waals surface area contributed by atoms with Gasteiger partial charge in [-0.3, -0.25) is 9.59 Å². The minimum atomic E-state index is -0.147. The Hall–Kier alpha value is -1.50. The fraction of sp³-hybridized carbons (Fsp3) is 0.667. The van der Waals surface area contributed by atoms with E-state index in [-0.39, 0.29) is 17.3 Å². The molecule has 1 aliphatic rings. The minimum absolute atomic E-state index is 0.0463. The maximum atomic E-state index is 12.0. The number of carbonyl (C=O) groups excluding carboxylic acids is 2. The second kappa shape index (κ2) is 8.22. The van der Waals surface area contributed by atoms with Crippen molar-refractivity contribution in [3.8, 4) is 0 Å². The molecule has 1 aliphatic heterocycles. The van der Waals surface area contributed by atoms with E-state index >= 15 is 0 Å². The summed E-state index contributed by atoms with van der Waals surface area (Å²) in [6.07, 6.45) is 3.01. The van der Waals surface area contributed by atoms with Gasteiger partial charge < -0.3 is 14.2 Å². The normalized spacial score (nSPS) is 18.0. The summed E-state index contributed by atoms with van der Waals surface area (Å²) in [5, 5.41) is 3.97. The number of amides is 1. The SMILES string of the molecule is CCOC(=O)CCCCCN1C(=O)CSC1c1cc(C)on1. The predicted octanol–water partition coefficient (Wildman–Crippen LogP) is 2.68. The minimum Gasteiger partial charge on any atom is -0.466 e. The number of ether oxygens (including phenoxy) is 1. The molecule has 6 nitrogen and oxygen atoms in total. The zero-order valence-corrected chi connectivity index (χ0v) is 13.9. The van der Waals surface area contributed by atoms with Crippen molar-refractivity contribution in [1.29, 1.82) is 0 Å². The smallest absolute Gasteiger partial charge is 0.305 e. The lowest BCUT2D eigenvalue weighted by molar-refractivity contribution is -0.143. The number of thioether (sulfide) groups is 1. The summed E-state index contributed by atoms with van der Waals surface area (Å²) in [6.45, 7) is 4.76. The second-order valence-electron chi connectivity index (χ2n) is 5.23. The number of rotatable bonds is 8. The van der Waals surface area contributed by atoms with Gasteiger partial charge in [-0.05, 0) is 26.7 Å². The summed E-state index contributed by atoms with van der Waals surface area (Å²) in [5.74, 6) is 1.23. The molecule has 0 radical (unpaired) electrons. The molecule has 7 heteroatoms. The van der Waals surface area contributed by atoms with Crippen molar-refractivity contribution in [2.24, 2.45) is 0 Å². The van der Waals surface area contributed by atoms with Crippen molar-refractivity contribution in [3.05, 3.63) is 17.5 Å². The number of hydrogen-bond acceptors (Lipinski definition) is 6. The predicted molar refractivity (Wildman–Crippen MR) is 83.3 cm³/mol. The molecule has 0 N–H and O–H groups in total. The van der Waals surface area contributed by atoms with Gasteiger partial charge in [0, 0.05) is 19.0 Å². The molecule has 2 heterocycles. The van der Waals surface area contributed by atoms with E-state index in [9.17, 15) is 9.59 Å². The van der Waals surface area contributed by atoms with Gasteiger partial charge >= 0.3 is 5.97 Å². The van der Waals surface area contributed by atoms with Crippen LogP contribution in [0.25, 0.3) is 0 Å². The van der Waals surface area contributed by atoms with Gasteiger partial charge in [0.25, 0.3) is 0 Å². The fourth-order valence-electron chi connectivity index (χ4n) is 2.40. The van der Waals surface area contributed by atoms with Crippen molar-refractivity contribution in [1.82, 2.24) is 10.1 Å². The number of aromatic nitrogens is 1. The van der Waals surface area contributed by atoms with Gasteiger partial charge in [0.15, 0.2) is 0 Å². The number of hydrogen-bond donors (Lipinski definition) is 0. The molecule has 22 heavy (non-hydrogen) atoms. The molecular formula is C15H22N2O4S. The van der Waals surface area contributed by atoms with Gasteiger partial charge in [-0.1, -0.05) is 11.6 Å². The van der Waals surface area contributed by atoms with E-state index in [0.717, 1.165) is 30.7 Å². The van der Waals surface area contributed by atoms with Crippen LogP contribution in [0, 0.1) is 6.92 Å². The maximum absolute atomic E-state index is 12.0. The van der Waals surface area contributed by atoms with E-state index in [4.69, 9.17) is 9.26 Å². The van der Waals surface area contributed by atoms with Gasteiger partial charge in [0.05, 0.1) is 12.4 Å². The third-order valence-corrected chi connectivity index (χ3v) is 4.68. The van der Waals surface area contributed by atoms with Gasteiger partial charge in [-0.25, -0.2) is 0 Å². The van der Waals surface area contributed by atoms with E-state index in [1.54, 1.807) is 18.7 Å². The Balaban J connectivity index is 1.75. The van der Waals surface area contributed by atoms with Crippen molar-refractivity contribution in [2.45, 2.75) is 44.9 Å². The summed E-state index contributed by atoms with van der Waals surface area (Å²) in [5.41, 5.74) is 0.805. The molecule has 0 spiro atoms. The topological polar surface area (TPSA) is 72.6 Å². The summed E-state index contributed by atoms with van der Waals surface area (Å²) in [4.78, 5) is 25.1. The number of carbonyl (C=O) groups is 2. The van der Waals surface area contributed by atoms with E-state index < -0.39 is 0 Å². The van der Waals surface area contributed by atoms with Crippen LogP contribution in [0.4, 0.5) is 0 Å². The Bertz CT molecular complexity index is 517. The Morgan fingerprint density at radius 1 is 1.50 bits per heavy atom. The first-order valence-electron chi connectivity index (χ1n) is 7.61. The lowest BCUT2D eigenvalue weighted by atomic mass is 10.2. The van der Waals surface area contributed by atoms with Crippen LogP contribution in [0.15, 0.2) is 10.6 Å². The van der Waals surface area contributed by atoms with E-state index in [0.29, 0.717) is 25.3 Å². The molecule has 0 saturated carbocycles. The largest absolute Gasteiger partial charge is 0.466 e. The van der Waals surface area contributed by atoms with Crippen molar-refractivity contribution in [3.63, 3.8) is 0 Å². The molecule has 0 aromatic carbocycles. The van der Waals surface area contributed by atoms with Gasteiger partial charge in [0.1, 0.15) is 16.8 Å². The molecule has 1 saturated heterocycles. The van der Waals surface area contributed by atoms with Crippen LogP contribution >= 0.6 is 11.8 Å². The van der Waals surface area contributed by atoms with Crippen LogP contribution in [0.5, 0.6) is 0 Å². The first-order valence-corrected chi connectivity index (χ1v) is 8.66. The standard InChI is InChI=1S/C15H22N2O4S/c1-3-20-14(19)7-5-4-6-8-17-13(18)10-22-15(17)12-9-11(2)21-16-12/h9,15H,3-8,10H2,1-2H3. The lowest BCUT2D eigenvalue weighted by Gasteiger charge is -2.21. The van der Waals surface area contributed by atoms with Crippen LogP contribution in [-0.4, -0.2) is 40.8 Å². The average molecular weight is 326 g/mol. The van der Waals surface area contributed by atoms with Crippen LogP contribution in [0.3, 0.4) is 0 Å². The van der Waals surface area contributed by atoms with Crippen molar-refractivity contribution >= 4 is 23.6 Å². The molecule has 0 bridgehead atoms. The molecule has 1 aromatic heterocycles. The highest BCUT2D eigenvalue weighted by Crippen LogP contribution is 2.38. The monoisotopic (exact) mass is 326 g/mol. The van der Waals surface area contributed by atoms with Crippen molar-refractivity contribution in [2.75, 3.05) is 18.9 Å². The second-order valence-corrected chi connectivity index (χ2v) is 6.30. The van der Waals surface area contributed by atoms with Gasteiger partial charge in [-0.15, -0.1) is 11.8 Å². The van der Waals surface area contributed by atoms with E-state index in [1.165, 1.54) is 0 Å². The van der Waals surface area contributed by atoms with Gasteiger partial charge in [0.2, 0.25) is 5.91 Å². The molecule has 0 aliphatic carbocycles. The Kier molecular flexibility index (Phi) is 6.30. The summed E-state index contributed by atoms with van der Waals surface area (Å²) >= 11 is 1.58. The Labute approximate surface area is 134 Å². The maximum Gasteiger partial charge on any atom is 0.305 e. The number of aryl methyl sites for hydroxylation is 1.